The second-order valence-electron chi connectivity index (χ2n) is 6.86. The van der Waals surface area contributed by atoms with Crippen LogP contribution in [0.15, 0.2) is 34.2 Å². The van der Waals surface area contributed by atoms with Crippen LogP contribution < -0.4 is 0 Å². The molecule has 0 N–H and O–H groups in total. The van der Waals surface area contributed by atoms with Gasteiger partial charge < -0.3 is 9.42 Å². The zero-order chi connectivity index (χ0) is 17.4. The Labute approximate surface area is 150 Å². The summed E-state index contributed by atoms with van der Waals surface area (Å²) in [6, 6.07) is 8.01. The highest BCUT2D eigenvalue weighted by Gasteiger charge is 2.28. The third-order valence-electron chi connectivity index (χ3n) is 4.81. The van der Waals surface area contributed by atoms with Gasteiger partial charge in [-0.3, -0.25) is 4.79 Å². The van der Waals surface area contributed by atoms with E-state index < -0.39 is 0 Å². The monoisotopic (exact) mass is 355 g/mol. The molecule has 0 aliphatic carbocycles. The van der Waals surface area contributed by atoms with Crippen LogP contribution in [0.4, 0.5) is 0 Å². The van der Waals surface area contributed by atoms with Gasteiger partial charge in [0.1, 0.15) is 0 Å². The average Bonchev–Trinajstić information content (AvgIpc) is 3.30. The van der Waals surface area contributed by atoms with Crippen LogP contribution >= 0.6 is 11.3 Å². The highest BCUT2D eigenvalue weighted by Crippen LogP contribution is 2.30. The van der Waals surface area contributed by atoms with Gasteiger partial charge in [-0.05, 0) is 35.7 Å². The third kappa shape index (κ3) is 3.06. The van der Waals surface area contributed by atoms with Gasteiger partial charge in [-0.15, -0.1) is 11.3 Å². The SMILES string of the molecule is CC(C)c1nc(C2CCN(C(=O)c3cccc4ccsc34)CC2)no1. The van der Waals surface area contributed by atoms with Crippen LogP contribution in [0.25, 0.3) is 10.1 Å². The van der Waals surface area contributed by atoms with Gasteiger partial charge in [0, 0.05) is 29.6 Å². The molecule has 4 rings (SSSR count). The molecule has 3 aromatic rings. The minimum Gasteiger partial charge on any atom is -0.339 e. The Morgan fingerprint density at radius 3 is 2.80 bits per heavy atom. The number of hydrogen-bond donors (Lipinski definition) is 0. The molecule has 0 saturated carbocycles. The first-order chi connectivity index (χ1) is 12.1. The number of fused-ring (bicyclic) bond motifs is 1. The largest absolute Gasteiger partial charge is 0.339 e. The van der Waals surface area contributed by atoms with Crippen LogP contribution in [0.5, 0.6) is 0 Å². The highest BCUT2D eigenvalue weighted by atomic mass is 32.1. The molecule has 0 unspecified atom stereocenters. The van der Waals surface area contributed by atoms with Gasteiger partial charge in [0.2, 0.25) is 5.89 Å². The standard InChI is InChI=1S/C19H21N3O2S/c1-12(2)18-20-17(21-24-18)14-6-9-22(10-7-14)19(23)15-5-3-4-13-8-11-25-16(13)15/h3-5,8,11-12,14H,6-7,9-10H2,1-2H3. The zero-order valence-corrected chi connectivity index (χ0v) is 15.3. The second kappa shape index (κ2) is 6.59. The fourth-order valence-corrected chi connectivity index (χ4v) is 4.23. The van der Waals surface area contributed by atoms with Crippen LogP contribution in [0.2, 0.25) is 0 Å². The molecule has 25 heavy (non-hydrogen) atoms. The van der Waals surface area contributed by atoms with Gasteiger partial charge in [0.15, 0.2) is 5.82 Å². The van der Waals surface area contributed by atoms with Crippen molar-refractivity contribution in [2.75, 3.05) is 13.1 Å². The van der Waals surface area contributed by atoms with Gasteiger partial charge in [0.05, 0.1) is 5.56 Å². The lowest BCUT2D eigenvalue weighted by atomic mass is 9.95. The molecular weight excluding hydrogens is 334 g/mol. The number of nitrogens with zero attached hydrogens (tertiary/aromatic N) is 3. The molecule has 1 aliphatic heterocycles. The normalized spacial score (nSPS) is 16.0. The summed E-state index contributed by atoms with van der Waals surface area (Å²) in [4.78, 5) is 19.4. The summed E-state index contributed by atoms with van der Waals surface area (Å²) in [5.41, 5.74) is 0.813. The lowest BCUT2D eigenvalue weighted by Gasteiger charge is -2.30. The number of aromatic nitrogens is 2. The van der Waals surface area contributed by atoms with Crippen molar-refractivity contribution in [2.24, 2.45) is 0 Å². The molecule has 0 radical (unpaired) electrons. The van der Waals surface area contributed by atoms with E-state index in [0.717, 1.165) is 47.4 Å². The van der Waals surface area contributed by atoms with Crippen molar-refractivity contribution in [3.8, 4) is 0 Å². The van der Waals surface area contributed by atoms with E-state index in [9.17, 15) is 4.79 Å². The number of benzene rings is 1. The van der Waals surface area contributed by atoms with Crippen molar-refractivity contribution in [3.05, 3.63) is 46.9 Å². The maximum atomic E-state index is 12.9. The Balaban J connectivity index is 1.46. The summed E-state index contributed by atoms with van der Waals surface area (Å²) in [5.74, 6) is 2.13. The highest BCUT2D eigenvalue weighted by molar-refractivity contribution is 7.17. The lowest BCUT2D eigenvalue weighted by molar-refractivity contribution is 0.0713. The molecule has 0 spiro atoms. The van der Waals surface area contributed by atoms with E-state index in [1.165, 1.54) is 0 Å². The predicted octanol–water partition coefficient (Wildman–Crippen LogP) is 4.43. The molecule has 1 aliphatic rings. The van der Waals surface area contributed by atoms with Crippen LogP contribution in [-0.2, 0) is 0 Å². The molecule has 2 aromatic heterocycles. The third-order valence-corrected chi connectivity index (χ3v) is 5.77. The summed E-state index contributed by atoms with van der Waals surface area (Å²) in [7, 11) is 0. The molecule has 0 bridgehead atoms. The quantitative estimate of drug-likeness (QED) is 0.697. The number of likely N-dealkylation sites (tertiary alicyclic amines) is 1. The van der Waals surface area contributed by atoms with Crippen molar-refractivity contribution in [2.45, 2.75) is 38.5 Å². The van der Waals surface area contributed by atoms with Crippen LogP contribution in [-0.4, -0.2) is 34.0 Å². The summed E-state index contributed by atoms with van der Waals surface area (Å²) in [6.45, 7) is 5.56. The molecule has 3 heterocycles. The van der Waals surface area contributed by atoms with Gasteiger partial charge >= 0.3 is 0 Å². The van der Waals surface area contributed by atoms with Crippen LogP contribution in [0.1, 0.15) is 60.6 Å². The molecule has 5 nitrogen and oxygen atoms in total. The Bertz CT molecular complexity index is 891. The van der Waals surface area contributed by atoms with Crippen LogP contribution in [0, 0.1) is 0 Å². The molecule has 1 fully saturated rings. The fourth-order valence-electron chi connectivity index (χ4n) is 3.32. The minimum absolute atomic E-state index is 0.127. The maximum absolute atomic E-state index is 12.9. The number of amides is 1. The Morgan fingerprint density at radius 1 is 1.28 bits per heavy atom. The summed E-state index contributed by atoms with van der Waals surface area (Å²) in [5, 5.41) is 7.31. The van der Waals surface area contributed by atoms with Gasteiger partial charge in [-0.25, -0.2) is 0 Å². The first-order valence-electron chi connectivity index (χ1n) is 8.72. The van der Waals surface area contributed by atoms with E-state index >= 15 is 0 Å². The smallest absolute Gasteiger partial charge is 0.255 e. The van der Waals surface area contributed by atoms with E-state index in [0.29, 0.717) is 5.89 Å². The predicted molar refractivity (Wildman–Crippen MR) is 98.1 cm³/mol. The first kappa shape index (κ1) is 16.3. The number of rotatable bonds is 3. The first-order valence-corrected chi connectivity index (χ1v) is 9.60. The van der Waals surface area contributed by atoms with Crippen molar-refractivity contribution in [3.63, 3.8) is 0 Å². The number of carbonyl (C=O) groups excluding carboxylic acids is 1. The number of carbonyl (C=O) groups is 1. The Kier molecular flexibility index (Phi) is 4.29. The number of thiophene rings is 1. The number of hydrogen-bond acceptors (Lipinski definition) is 5. The van der Waals surface area contributed by atoms with E-state index in [1.807, 2.05) is 36.3 Å². The lowest BCUT2D eigenvalue weighted by Crippen LogP contribution is -2.38. The number of piperidine rings is 1. The van der Waals surface area contributed by atoms with Crippen LogP contribution in [0.3, 0.4) is 0 Å². The molecule has 1 aromatic carbocycles. The summed E-state index contributed by atoms with van der Waals surface area (Å²) < 4.78 is 6.40. The molecule has 130 valence electrons. The van der Waals surface area contributed by atoms with E-state index in [1.54, 1.807) is 11.3 Å². The van der Waals surface area contributed by atoms with E-state index in [2.05, 4.69) is 22.3 Å². The van der Waals surface area contributed by atoms with E-state index in [4.69, 9.17) is 4.52 Å². The van der Waals surface area contributed by atoms with Crippen molar-refractivity contribution < 1.29 is 9.32 Å². The Morgan fingerprint density at radius 2 is 2.08 bits per heavy atom. The topological polar surface area (TPSA) is 59.2 Å². The van der Waals surface area contributed by atoms with Crippen molar-refractivity contribution >= 4 is 27.3 Å². The van der Waals surface area contributed by atoms with Gasteiger partial charge in [0.25, 0.3) is 5.91 Å². The molecule has 1 saturated heterocycles. The summed E-state index contributed by atoms with van der Waals surface area (Å²) >= 11 is 1.63. The van der Waals surface area contributed by atoms with Crippen molar-refractivity contribution in [1.29, 1.82) is 0 Å². The summed E-state index contributed by atoms with van der Waals surface area (Å²) in [6.07, 6.45) is 1.76. The Hall–Kier alpha value is -2.21. The maximum Gasteiger partial charge on any atom is 0.255 e. The van der Waals surface area contributed by atoms with Crippen molar-refractivity contribution in [1.82, 2.24) is 15.0 Å². The fraction of sp³-hybridized carbons (Fsp3) is 0.421. The molecular formula is C19H21N3O2S. The minimum atomic E-state index is 0.127. The molecule has 6 heteroatoms. The average molecular weight is 355 g/mol. The molecule has 1 amide bonds. The van der Waals surface area contributed by atoms with Gasteiger partial charge in [-0.2, -0.15) is 4.98 Å². The van der Waals surface area contributed by atoms with Gasteiger partial charge in [-0.1, -0.05) is 31.1 Å². The van der Waals surface area contributed by atoms with E-state index in [-0.39, 0.29) is 17.7 Å². The molecule has 0 atom stereocenters. The zero-order valence-electron chi connectivity index (χ0n) is 14.4. The second-order valence-corrected chi connectivity index (χ2v) is 7.77.